The van der Waals surface area contributed by atoms with Gasteiger partial charge in [0.1, 0.15) is 11.5 Å². The van der Waals surface area contributed by atoms with Gasteiger partial charge in [0, 0.05) is 12.6 Å². The Hall–Kier alpha value is -2.16. The third-order valence-electron chi connectivity index (χ3n) is 3.29. The lowest BCUT2D eigenvalue weighted by Crippen LogP contribution is -2.04. The molecule has 21 heavy (non-hydrogen) atoms. The topological polar surface area (TPSA) is 30.5 Å². The Balaban J connectivity index is 2.16. The number of nitrogens with one attached hydrogen (secondary N) is 1. The van der Waals surface area contributed by atoms with Crippen molar-refractivity contribution in [1.82, 2.24) is 0 Å². The molecule has 0 fully saturated rings. The number of anilines is 1. The quantitative estimate of drug-likeness (QED) is 0.817. The normalized spacial score (nSPS) is 10.2. The number of benzene rings is 2. The van der Waals surface area contributed by atoms with Crippen LogP contribution in [-0.2, 0) is 6.54 Å². The SMILES string of the molecule is CCOc1ccc(OCC)c(NCc2ccccc2C)c1. The molecule has 0 amide bonds. The molecule has 3 heteroatoms. The molecular weight excluding hydrogens is 262 g/mol. The van der Waals surface area contributed by atoms with Gasteiger partial charge in [-0.25, -0.2) is 0 Å². The second-order valence-electron chi connectivity index (χ2n) is 4.80. The number of hydrogen-bond acceptors (Lipinski definition) is 3. The first-order valence-corrected chi connectivity index (χ1v) is 7.42. The van der Waals surface area contributed by atoms with Crippen molar-refractivity contribution in [1.29, 1.82) is 0 Å². The molecule has 0 saturated heterocycles. The summed E-state index contributed by atoms with van der Waals surface area (Å²) in [4.78, 5) is 0. The van der Waals surface area contributed by atoms with Gasteiger partial charge >= 0.3 is 0 Å². The first-order chi connectivity index (χ1) is 10.2. The van der Waals surface area contributed by atoms with Crippen LogP contribution in [0.3, 0.4) is 0 Å². The molecule has 0 bridgehead atoms. The molecule has 1 N–H and O–H groups in total. The number of ether oxygens (including phenoxy) is 2. The molecule has 0 unspecified atom stereocenters. The van der Waals surface area contributed by atoms with E-state index in [0.29, 0.717) is 13.2 Å². The summed E-state index contributed by atoms with van der Waals surface area (Å²) < 4.78 is 11.2. The molecule has 0 heterocycles. The molecule has 112 valence electrons. The molecule has 0 aliphatic rings. The minimum absolute atomic E-state index is 0.646. The molecule has 0 saturated carbocycles. The molecule has 2 aromatic rings. The lowest BCUT2D eigenvalue weighted by Gasteiger charge is -2.15. The van der Waals surface area contributed by atoms with Crippen LogP contribution >= 0.6 is 0 Å². The fraction of sp³-hybridized carbons (Fsp3) is 0.333. The molecule has 0 atom stereocenters. The first-order valence-electron chi connectivity index (χ1n) is 7.42. The highest BCUT2D eigenvalue weighted by Gasteiger charge is 2.06. The van der Waals surface area contributed by atoms with Crippen molar-refractivity contribution in [2.24, 2.45) is 0 Å². The Kier molecular flexibility index (Phi) is 5.50. The van der Waals surface area contributed by atoms with Crippen LogP contribution in [0, 0.1) is 6.92 Å². The summed E-state index contributed by atoms with van der Waals surface area (Å²) in [5.74, 6) is 1.71. The lowest BCUT2D eigenvalue weighted by atomic mass is 10.1. The van der Waals surface area contributed by atoms with Gasteiger partial charge in [0.05, 0.1) is 18.9 Å². The molecule has 0 radical (unpaired) electrons. The van der Waals surface area contributed by atoms with E-state index in [9.17, 15) is 0 Å². The zero-order valence-corrected chi connectivity index (χ0v) is 13.0. The lowest BCUT2D eigenvalue weighted by molar-refractivity contribution is 0.332. The Morgan fingerprint density at radius 3 is 2.43 bits per heavy atom. The first kappa shape index (κ1) is 15.2. The Morgan fingerprint density at radius 2 is 1.71 bits per heavy atom. The molecule has 0 aromatic heterocycles. The summed E-state index contributed by atoms with van der Waals surface area (Å²) in [5.41, 5.74) is 3.52. The minimum Gasteiger partial charge on any atom is -0.494 e. The van der Waals surface area contributed by atoms with Crippen molar-refractivity contribution in [3.05, 3.63) is 53.6 Å². The van der Waals surface area contributed by atoms with E-state index in [1.807, 2.05) is 32.0 Å². The van der Waals surface area contributed by atoms with Crippen LogP contribution in [0.15, 0.2) is 42.5 Å². The van der Waals surface area contributed by atoms with E-state index >= 15 is 0 Å². The van der Waals surface area contributed by atoms with Gasteiger partial charge in [0.25, 0.3) is 0 Å². The van der Waals surface area contributed by atoms with E-state index in [0.717, 1.165) is 23.7 Å². The van der Waals surface area contributed by atoms with Crippen molar-refractivity contribution in [2.45, 2.75) is 27.3 Å². The van der Waals surface area contributed by atoms with Crippen LogP contribution in [-0.4, -0.2) is 13.2 Å². The van der Waals surface area contributed by atoms with Crippen LogP contribution in [0.25, 0.3) is 0 Å². The van der Waals surface area contributed by atoms with E-state index in [1.165, 1.54) is 11.1 Å². The van der Waals surface area contributed by atoms with Crippen LogP contribution in [0.2, 0.25) is 0 Å². The Morgan fingerprint density at radius 1 is 0.952 bits per heavy atom. The van der Waals surface area contributed by atoms with Gasteiger partial charge in [-0.2, -0.15) is 0 Å². The average Bonchev–Trinajstić information content (AvgIpc) is 2.49. The summed E-state index contributed by atoms with van der Waals surface area (Å²) in [6, 6.07) is 14.3. The number of hydrogen-bond donors (Lipinski definition) is 1. The van der Waals surface area contributed by atoms with E-state index in [4.69, 9.17) is 9.47 Å². The molecule has 0 aliphatic carbocycles. The maximum atomic E-state index is 5.67. The van der Waals surface area contributed by atoms with Crippen LogP contribution in [0.4, 0.5) is 5.69 Å². The van der Waals surface area contributed by atoms with E-state index in [2.05, 4.69) is 36.5 Å². The highest BCUT2D eigenvalue weighted by Crippen LogP contribution is 2.30. The smallest absolute Gasteiger partial charge is 0.142 e. The van der Waals surface area contributed by atoms with Gasteiger partial charge in [-0.3, -0.25) is 0 Å². The van der Waals surface area contributed by atoms with Gasteiger partial charge in [-0.1, -0.05) is 24.3 Å². The maximum absolute atomic E-state index is 5.67. The number of aryl methyl sites for hydroxylation is 1. The van der Waals surface area contributed by atoms with Crippen molar-refractivity contribution >= 4 is 5.69 Å². The summed E-state index contributed by atoms with van der Waals surface area (Å²) in [6.07, 6.45) is 0. The van der Waals surface area contributed by atoms with Gasteiger partial charge in [-0.15, -0.1) is 0 Å². The summed E-state index contributed by atoms with van der Waals surface area (Å²) in [5, 5.41) is 3.45. The number of rotatable bonds is 7. The van der Waals surface area contributed by atoms with Gasteiger partial charge in [0.2, 0.25) is 0 Å². The predicted octanol–water partition coefficient (Wildman–Crippen LogP) is 4.40. The van der Waals surface area contributed by atoms with Gasteiger partial charge in [0.15, 0.2) is 0 Å². The predicted molar refractivity (Wildman–Crippen MR) is 87.3 cm³/mol. The van der Waals surface area contributed by atoms with Crippen molar-refractivity contribution in [3.63, 3.8) is 0 Å². The fourth-order valence-electron chi connectivity index (χ4n) is 2.18. The van der Waals surface area contributed by atoms with E-state index in [1.54, 1.807) is 0 Å². The van der Waals surface area contributed by atoms with Gasteiger partial charge in [-0.05, 0) is 44.0 Å². The van der Waals surface area contributed by atoms with Crippen LogP contribution < -0.4 is 14.8 Å². The summed E-state index contributed by atoms with van der Waals surface area (Å²) in [6.45, 7) is 8.16. The molecular formula is C18H23NO2. The Labute approximate surface area is 126 Å². The molecule has 2 rings (SSSR count). The molecule has 2 aromatic carbocycles. The summed E-state index contributed by atoms with van der Waals surface area (Å²) in [7, 11) is 0. The zero-order valence-electron chi connectivity index (χ0n) is 13.0. The monoisotopic (exact) mass is 285 g/mol. The molecule has 0 spiro atoms. The van der Waals surface area contributed by atoms with Crippen LogP contribution in [0.5, 0.6) is 11.5 Å². The van der Waals surface area contributed by atoms with Gasteiger partial charge < -0.3 is 14.8 Å². The third kappa shape index (κ3) is 4.15. The largest absolute Gasteiger partial charge is 0.494 e. The highest BCUT2D eigenvalue weighted by atomic mass is 16.5. The molecule has 0 aliphatic heterocycles. The Bertz CT molecular complexity index is 581. The van der Waals surface area contributed by atoms with E-state index < -0.39 is 0 Å². The standard InChI is InChI=1S/C18H23NO2/c1-4-20-16-10-11-18(21-5-2)17(12-16)19-13-15-9-7-6-8-14(15)3/h6-12,19H,4-5,13H2,1-3H3. The molecule has 3 nitrogen and oxygen atoms in total. The van der Waals surface area contributed by atoms with Crippen LogP contribution in [0.1, 0.15) is 25.0 Å². The van der Waals surface area contributed by atoms with E-state index in [-0.39, 0.29) is 0 Å². The second kappa shape index (κ2) is 7.58. The van der Waals surface area contributed by atoms with Crippen molar-refractivity contribution < 1.29 is 9.47 Å². The maximum Gasteiger partial charge on any atom is 0.142 e. The average molecular weight is 285 g/mol. The second-order valence-corrected chi connectivity index (χ2v) is 4.80. The highest BCUT2D eigenvalue weighted by molar-refractivity contribution is 5.60. The van der Waals surface area contributed by atoms with Crippen molar-refractivity contribution in [2.75, 3.05) is 18.5 Å². The third-order valence-corrected chi connectivity index (χ3v) is 3.29. The summed E-state index contributed by atoms with van der Waals surface area (Å²) >= 11 is 0. The van der Waals surface area contributed by atoms with Crippen molar-refractivity contribution in [3.8, 4) is 11.5 Å². The minimum atomic E-state index is 0.646. The zero-order chi connectivity index (χ0) is 15.1. The fourth-order valence-corrected chi connectivity index (χ4v) is 2.18.